The average molecular weight is 506 g/mol. The Morgan fingerprint density at radius 3 is 2.54 bits per heavy atom. The van der Waals surface area contributed by atoms with E-state index in [2.05, 4.69) is 15.2 Å². The van der Waals surface area contributed by atoms with Crippen LogP contribution in [-0.4, -0.2) is 40.8 Å². The molecule has 7 nitrogen and oxygen atoms in total. The molecule has 10 heteroatoms. The molecule has 2 amide bonds. The maximum atomic E-state index is 12.9. The van der Waals surface area contributed by atoms with Gasteiger partial charge in [0.15, 0.2) is 11.5 Å². The van der Waals surface area contributed by atoms with Gasteiger partial charge in [0, 0.05) is 17.7 Å². The Bertz CT molecular complexity index is 1060. The van der Waals surface area contributed by atoms with E-state index in [-0.39, 0.29) is 34.4 Å². The van der Waals surface area contributed by atoms with Crippen LogP contribution in [0, 0.1) is 0 Å². The molecule has 1 aliphatic rings. The number of anilines is 1. The molecule has 0 radical (unpaired) electrons. The number of hydrogen-bond acceptors (Lipinski definition) is 6. The SMILES string of the molecule is CCCCC(=O)Nc1ccc(CN2N=C(c3ccc(OC)c(OC(F)F)c3)C(CC)SC2=O)cc1. The minimum atomic E-state index is -3.00. The fourth-order valence-corrected chi connectivity index (χ4v) is 4.48. The van der Waals surface area contributed by atoms with E-state index in [4.69, 9.17) is 4.74 Å². The van der Waals surface area contributed by atoms with Gasteiger partial charge in [-0.25, -0.2) is 5.01 Å². The van der Waals surface area contributed by atoms with E-state index >= 15 is 0 Å². The number of alkyl halides is 2. The van der Waals surface area contributed by atoms with Crippen LogP contribution in [0.4, 0.5) is 19.3 Å². The fourth-order valence-electron chi connectivity index (χ4n) is 3.55. The highest BCUT2D eigenvalue weighted by atomic mass is 32.2. The van der Waals surface area contributed by atoms with Gasteiger partial charge in [0.2, 0.25) is 5.91 Å². The first-order valence-corrected chi connectivity index (χ1v) is 12.3. The van der Waals surface area contributed by atoms with Crippen LogP contribution in [0.3, 0.4) is 0 Å². The van der Waals surface area contributed by atoms with Crippen molar-refractivity contribution in [2.75, 3.05) is 12.4 Å². The number of rotatable bonds is 11. The molecule has 3 rings (SSSR count). The van der Waals surface area contributed by atoms with Gasteiger partial charge in [-0.15, -0.1) is 0 Å². The molecular weight excluding hydrogens is 476 g/mol. The largest absolute Gasteiger partial charge is 0.493 e. The lowest BCUT2D eigenvalue weighted by Gasteiger charge is -2.28. The molecule has 2 aromatic carbocycles. The molecule has 0 aromatic heterocycles. The van der Waals surface area contributed by atoms with Crippen molar-refractivity contribution in [1.82, 2.24) is 5.01 Å². The number of carbonyl (C=O) groups is 2. The summed E-state index contributed by atoms with van der Waals surface area (Å²) in [5.41, 5.74) is 2.69. The van der Waals surface area contributed by atoms with Crippen LogP contribution in [-0.2, 0) is 11.3 Å². The third-order valence-electron chi connectivity index (χ3n) is 5.36. The summed E-state index contributed by atoms with van der Waals surface area (Å²) >= 11 is 1.14. The molecule has 1 unspecified atom stereocenters. The smallest absolute Gasteiger partial charge is 0.387 e. The first kappa shape index (κ1) is 26.5. The number of nitrogens with one attached hydrogen (secondary N) is 1. The summed E-state index contributed by atoms with van der Waals surface area (Å²) in [4.78, 5) is 24.7. The predicted molar refractivity (Wildman–Crippen MR) is 133 cm³/mol. The highest BCUT2D eigenvalue weighted by Gasteiger charge is 2.31. The molecule has 188 valence electrons. The Balaban J connectivity index is 1.81. The third kappa shape index (κ3) is 7.17. The Kier molecular flexibility index (Phi) is 9.47. The summed E-state index contributed by atoms with van der Waals surface area (Å²) in [7, 11) is 1.37. The number of methoxy groups -OCH3 is 1. The first-order valence-electron chi connectivity index (χ1n) is 11.4. The second-order valence-corrected chi connectivity index (χ2v) is 9.07. The lowest BCUT2D eigenvalue weighted by Crippen LogP contribution is -2.34. The zero-order valence-corrected chi connectivity index (χ0v) is 20.7. The maximum Gasteiger partial charge on any atom is 0.387 e. The number of benzene rings is 2. The van der Waals surface area contributed by atoms with Crippen LogP contribution in [0.15, 0.2) is 47.6 Å². The van der Waals surface area contributed by atoms with Crippen LogP contribution < -0.4 is 14.8 Å². The lowest BCUT2D eigenvalue weighted by molar-refractivity contribution is -0.116. The number of nitrogens with zero attached hydrogens (tertiary/aromatic N) is 2. The summed E-state index contributed by atoms with van der Waals surface area (Å²) in [5, 5.41) is 8.38. The van der Waals surface area contributed by atoms with Crippen molar-refractivity contribution in [3.05, 3.63) is 53.6 Å². The number of hydrazone groups is 1. The monoisotopic (exact) mass is 505 g/mol. The molecule has 35 heavy (non-hydrogen) atoms. The van der Waals surface area contributed by atoms with Crippen molar-refractivity contribution in [3.8, 4) is 11.5 Å². The van der Waals surface area contributed by atoms with Gasteiger partial charge < -0.3 is 14.8 Å². The van der Waals surface area contributed by atoms with E-state index in [1.807, 2.05) is 26.0 Å². The van der Waals surface area contributed by atoms with E-state index in [0.29, 0.717) is 29.8 Å². The van der Waals surface area contributed by atoms with E-state index < -0.39 is 6.61 Å². The number of amides is 2. The number of halogens is 2. The number of thioether (sulfide) groups is 1. The Labute approximate surface area is 207 Å². The second kappa shape index (κ2) is 12.5. The van der Waals surface area contributed by atoms with Gasteiger partial charge >= 0.3 is 11.9 Å². The summed E-state index contributed by atoms with van der Waals surface area (Å²) in [6.07, 6.45) is 2.89. The molecule has 1 atom stereocenters. The van der Waals surface area contributed by atoms with Crippen molar-refractivity contribution in [3.63, 3.8) is 0 Å². The van der Waals surface area contributed by atoms with E-state index in [9.17, 15) is 18.4 Å². The Morgan fingerprint density at radius 1 is 1.17 bits per heavy atom. The minimum absolute atomic E-state index is 0.0308. The molecule has 1 heterocycles. The van der Waals surface area contributed by atoms with Gasteiger partial charge in [-0.05, 0) is 48.7 Å². The average Bonchev–Trinajstić information content (AvgIpc) is 2.84. The number of ether oxygens (including phenoxy) is 2. The molecule has 0 fully saturated rings. The Morgan fingerprint density at radius 2 is 1.91 bits per heavy atom. The maximum absolute atomic E-state index is 12.9. The van der Waals surface area contributed by atoms with Gasteiger partial charge in [0.05, 0.1) is 24.6 Å². The third-order valence-corrected chi connectivity index (χ3v) is 6.61. The van der Waals surface area contributed by atoms with Crippen LogP contribution in [0.5, 0.6) is 11.5 Å². The standard InChI is InChI=1S/C25H29F2N3O4S/c1-4-6-7-22(31)28-18-11-8-16(9-12-18)15-30-25(32)35-21(5-2)23(29-30)17-10-13-19(33-3)20(14-17)34-24(26)27/h8-14,21,24H,4-7,15H2,1-3H3,(H,28,31). The van der Waals surface area contributed by atoms with Crippen molar-refractivity contribution < 1.29 is 27.8 Å². The van der Waals surface area contributed by atoms with E-state index in [0.717, 1.165) is 30.2 Å². The number of hydrogen-bond donors (Lipinski definition) is 1. The molecule has 1 N–H and O–H groups in total. The van der Waals surface area contributed by atoms with Gasteiger partial charge in [0.1, 0.15) is 0 Å². The first-order chi connectivity index (χ1) is 16.8. The Hall–Kier alpha value is -3.14. The van der Waals surface area contributed by atoms with E-state index in [1.54, 1.807) is 24.3 Å². The van der Waals surface area contributed by atoms with Crippen molar-refractivity contribution >= 4 is 34.3 Å². The number of carbonyl (C=O) groups excluding carboxylic acids is 2. The molecule has 0 aliphatic carbocycles. The van der Waals surface area contributed by atoms with Gasteiger partial charge in [0.25, 0.3) is 0 Å². The number of unbranched alkanes of at least 4 members (excludes halogenated alkanes) is 1. The van der Waals surface area contributed by atoms with Crippen LogP contribution in [0.25, 0.3) is 0 Å². The quantitative estimate of drug-likeness (QED) is 0.389. The predicted octanol–water partition coefficient (Wildman–Crippen LogP) is 6.28. The van der Waals surface area contributed by atoms with Crippen molar-refractivity contribution in [2.24, 2.45) is 5.10 Å². The van der Waals surface area contributed by atoms with Crippen LogP contribution in [0.1, 0.15) is 50.7 Å². The van der Waals surface area contributed by atoms with Gasteiger partial charge in [-0.2, -0.15) is 13.9 Å². The summed E-state index contributed by atoms with van der Waals surface area (Å²) < 4.78 is 35.5. The van der Waals surface area contributed by atoms with Crippen LogP contribution >= 0.6 is 11.8 Å². The molecular formula is C25H29F2N3O4S. The summed E-state index contributed by atoms with van der Waals surface area (Å²) in [6.45, 7) is 1.20. The van der Waals surface area contributed by atoms with E-state index in [1.165, 1.54) is 18.2 Å². The minimum Gasteiger partial charge on any atom is -0.493 e. The zero-order chi connectivity index (χ0) is 25.4. The van der Waals surface area contributed by atoms with Gasteiger partial charge in [-0.3, -0.25) is 9.59 Å². The summed E-state index contributed by atoms with van der Waals surface area (Å²) in [6, 6.07) is 11.9. The molecule has 0 saturated carbocycles. The molecule has 2 aromatic rings. The molecule has 0 spiro atoms. The molecule has 0 bridgehead atoms. The topological polar surface area (TPSA) is 80.2 Å². The highest BCUT2D eigenvalue weighted by Crippen LogP contribution is 2.34. The highest BCUT2D eigenvalue weighted by molar-refractivity contribution is 8.14. The second-order valence-electron chi connectivity index (χ2n) is 7.92. The fraction of sp³-hybridized carbons (Fsp3) is 0.400. The summed E-state index contributed by atoms with van der Waals surface area (Å²) in [5.74, 6) is 0.0558. The van der Waals surface area contributed by atoms with Crippen molar-refractivity contribution in [1.29, 1.82) is 0 Å². The zero-order valence-electron chi connectivity index (χ0n) is 19.9. The lowest BCUT2D eigenvalue weighted by atomic mass is 10.0. The van der Waals surface area contributed by atoms with Gasteiger partial charge in [-0.1, -0.05) is 44.2 Å². The molecule has 0 saturated heterocycles. The normalized spacial score (nSPS) is 15.7. The van der Waals surface area contributed by atoms with Crippen LogP contribution in [0.2, 0.25) is 0 Å². The van der Waals surface area contributed by atoms with Crippen molar-refractivity contribution in [2.45, 2.75) is 57.9 Å². The molecule has 1 aliphatic heterocycles.